The van der Waals surface area contributed by atoms with Crippen LogP contribution in [-0.4, -0.2) is 27.8 Å². The zero-order valence-electron chi connectivity index (χ0n) is 12.1. The van der Waals surface area contributed by atoms with Gasteiger partial charge < -0.3 is 4.74 Å². The maximum Gasteiger partial charge on any atom is 0.316 e. The molecule has 3 rings (SSSR count). The maximum atomic E-state index is 12.3. The fraction of sp³-hybridized carbons (Fsp3) is 0.438. The van der Waals surface area contributed by atoms with Crippen molar-refractivity contribution in [1.29, 1.82) is 0 Å². The van der Waals surface area contributed by atoms with Gasteiger partial charge in [0.15, 0.2) is 5.82 Å². The molecule has 1 atom stereocenters. The van der Waals surface area contributed by atoms with Crippen LogP contribution in [0, 0.1) is 5.92 Å². The van der Waals surface area contributed by atoms with Crippen LogP contribution in [0.1, 0.15) is 37.4 Å². The van der Waals surface area contributed by atoms with Crippen molar-refractivity contribution in [2.75, 3.05) is 7.11 Å². The summed E-state index contributed by atoms with van der Waals surface area (Å²) in [6.07, 6.45) is 6.08. The third-order valence-electron chi connectivity index (χ3n) is 4.21. The highest BCUT2D eigenvalue weighted by Crippen LogP contribution is 2.37. The monoisotopic (exact) mass is 285 g/mol. The molecule has 1 aliphatic rings. The Morgan fingerprint density at radius 3 is 2.67 bits per heavy atom. The van der Waals surface area contributed by atoms with E-state index in [1.807, 2.05) is 34.9 Å². The molecule has 1 unspecified atom stereocenters. The first-order valence-electron chi connectivity index (χ1n) is 7.34. The van der Waals surface area contributed by atoms with Crippen LogP contribution in [-0.2, 0) is 9.53 Å². The highest BCUT2D eigenvalue weighted by Gasteiger charge is 2.36. The fourth-order valence-electron chi connectivity index (χ4n) is 3.17. The Morgan fingerprint density at radius 2 is 2.00 bits per heavy atom. The zero-order chi connectivity index (χ0) is 14.7. The van der Waals surface area contributed by atoms with Gasteiger partial charge in [0.05, 0.1) is 7.11 Å². The van der Waals surface area contributed by atoms with Gasteiger partial charge in [0.25, 0.3) is 0 Å². The highest BCUT2D eigenvalue weighted by molar-refractivity contribution is 5.77. The smallest absolute Gasteiger partial charge is 0.316 e. The second kappa shape index (κ2) is 6.08. The molecular weight excluding hydrogens is 266 g/mol. The largest absolute Gasteiger partial charge is 0.468 e. The number of hydrogen-bond acceptors (Lipinski definition) is 4. The summed E-state index contributed by atoms with van der Waals surface area (Å²) < 4.78 is 6.91. The van der Waals surface area contributed by atoms with E-state index in [0.29, 0.717) is 11.7 Å². The molecule has 1 aromatic heterocycles. The van der Waals surface area contributed by atoms with Gasteiger partial charge in [0, 0.05) is 5.69 Å². The molecule has 1 aliphatic carbocycles. The Morgan fingerprint density at radius 1 is 1.29 bits per heavy atom. The molecule has 0 spiro atoms. The van der Waals surface area contributed by atoms with Gasteiger partial charge in [-0.2, -0.15) is 0 Å². The van der Waals surface area contributed by atoms with Gasteiger partial charge in [-0.25, -0.2) is 0 Å². The van der Waals surface area contributed by atoms with E-state index in [1.54, 1.807) is 6.33 Å². The third kappa shape index (κ3) is 2.68. The first-order chi connectivity index (χ1) is 10.3. The van der Waals surface area contributed by atoms with Crippen molar-refractivity contribution >= 4 is 5.97 Å². The number of para-hydroxylation sites is 1. The van der Waals surface area contributed by atoms with Crippen molar-refractivity contribution in [2.45, 2.75) is 31.6 Å². The summed E-state index contributed by atoms with van der Waals surface area (Å²) in [4.78, 5) is 12.3. The first-order valence-corrected chi connectivity index (χ1v) is 7.34. The molecule has 0 N–H and O–H groups in total. The third-order valence-corrected chi connectivity index (χ3v) is 4.21. The van der Waals surface area contributed by atoms with Gasteiger partial charge in [-0.1, -0.05) is 31.0 Å². The van der Waals surface area contributed by atoms with Crippen LogP contribution in [0.3, 0.4) is 0 Å². The number of carbonyl (C=O) groups is 1. The lowest BCUT2D eigenvalue weighted by molar-refractivity contribution is -0.144. The normalized spacial score (nSPS) is 16.8. The number of esters is 1. The quantitative estimate of drug-likeness (QED) is 0.810. The summed E-state index contributed by atoms with van der Waals surface area (Å²) in [6.45, 7) is 0. The van der Waals surface area contributed by atoms with E-state index >= 15 is 0 Å². The van der Waals surface area contributed by atoms with Crippen LogP contribution in [0.5, 0.6) is 0 Å². The topological polar surface area (TPSA) is 57.0 Å². The molecule has 110 valence electrons. The summed E-state index contributed by atoms with van der Waals surface area (Å²) in [5, 5.41) is 8.23. The summed E-state index contributed by atoms with van der Waals surface area (Å²) in [5.74, 6) is 0.427. The van der Waals surface area contributed by atoms with Crippen LogP contribution >= 0.6 is 0 Å². The average molecular weight is 285 g/mol. The number of ether oxygens (including phenoxy) is 1. The summed E-state index contributed by atoms with van der Waals surface area (Å²) in [7, 11) is 1.44. The van der Waals surface area contributed by atoms with E-state index in [4.69, 9.17) is 4.74 Å². The number of rotatable bonds is 4. The zero-order valence-corrected chi connectivity index (χ0v) is 12.1. The molecule has 1 fully saturated rings. The highest BCUT2D eigenvalue weighted by atomic mass is 16.5. The molecule has 21 heavy (non-hydrogen) atoms. The maximum absolute atomic E-state index is 12.3. The lowest BCUT2D eigenvalue weighted by Gasteiger charge is -2.20. The van der Waals surface area contributed by atoms with Crippen molar-refractivity contribution in [3.8, 4) is 5.69 Å². The van der Waals surface area contributed by atoms with E-state index in [1.165, 1.54) is 7.11 Å². The number of benzene rings is 1. The number of carbonyl (C=O) groups excluding carboxylic acids is 1. The van der Waals surface area contributed by atoms with Gasteiger partial charge in [0.2, 0.25) is 0 Å². The minimum atomic E-state index is -0.333. The minimum absolute atomic E-state index is 0.216. The van der Waals surface area contributed by atoms with E-state index < -0.39 is 0 Å². The van der Waals surface area contributed by atoms with Crippen LogP contribution < -0.4 is 0 Å². The summed E-state index contributed by atoms with van der Waals surface area (Å²) >= 11 is 0. The number of aromatic nitrogens is 3. The van der Waals surface area contributed by atoms with Crippen molar-refractivity contribution < 1.29 is 9.53 Å². The standard InChI is InChI=1S/C16H19N3O2/c1-21-16(20)14(12-7-5-6-8-12)15-18-17-11-19(15)13-9-3-2-4-10-13/h2-4,9-12,14H,5-8H2,1H3. The molecule has 5 nitrogen and oxygen atoms in total. The van der Waals surface area contributed by atoms with E-state index in [0.717, 1.165) is 31.4 Å². The van der Waals surface area contributed by atoms with E-state index in [-0.39, 0.29) is 11.9 Å². The van der Waals surface area contributed by atoms with Crippen molar-refractivity contribution in [1.82, 2.24) is 14.8 Å². The molecule has 5 heteroatoms. The summed E-state index contributed by atoms with van der Waals surface area (Å²) in [5.41, 5.74) is 0.962. The van der Waals surface area contributed by atoms with E-state index in [2.05, 4.69) is 10.2 Å². The van der Waals surface area contributed by atoms with Crippen LogP contribution in [0.2, 0.25) is 0 Å². The lowest BCUT2D eigenvalue weighted by Crippen LogP contribution is -2.24. The Hall–Kier alpha value is -2.17. The Balaban J connectivity index is 2.00. The van der Waals surface area contributed by atoms with Gasteiger partial charge in [-0.3, -0.25) is 9.36 Å². The SMILES string of the molecule is COC(=O)C(c1nncn1-c1ccccc1)C1CCCC1. The number of hydrogen-bond donors (Lipinski definition) is 0. The average Bonchev–Trinajstić information content (AvgIpc) is 3.20. The molecule has 0 radical (unpaired) electrons. The summed E-state index contributed by atoms with van der Waals surface area (Å²) in [6, 6.07) is 9.84. The number of nitrogens with zero attached hydrogens (tertiary/aromatic N) is 3. The van der Waals surface area contributed by atoms with Crippen molar-refractivity contribution in [3.05, 3.63) is 42.5 Å². The van der Waals surface area contributed by atoms with Gasteiger partial charge in [-0.15, -0.1) is 10.2 Å². The molecule has 1 saturated carbocycles. The van der Waals surface area contributed by atoms with Crippen molar-refractivity contribution in [2.24, 2.45) is 5.92 Å². The van der Waals surface area contributed by atoms with Gasteiger partial charge in [0.1, 0.15) is 12.2 Å². The van der Waals surface area contributed by atoms with Crippen LogP contribution in [0.15, 0.2) is 36.7 Å². The Bertz CT molecular complexity index is 603. The Labute approximate surface area is 124 Å². The lowest BCUT2D eigenvalue weighted by atomic mass is 9.90. The fourth-order valence-corrected chi connectivity index (χ4v) is 3.17. The van der Waals surface area contributed by atoms with Crippen LogP contribution in [0.4, 0.5) is 0 Å². The predicted molar refractivity (Wildman–Crippen MR) is 78.1 cm³/mol. The van der Waals surface area contributed by atoms with Crippen LogP contribution in [0.25, 0.3) is 5.69 Å². The molecule has 1 aromatic carbocycles. The number of methoxy groups -OCH3 is 1. The molecule has 0 saturated heterocycles. The van der Waals surface area contributed by atoms with E-state index in [9.17, 15) is 4.79 Å². The molecule has 0 bridgehead atoms. The Kier molecular flexibility index (Phi) is 3.99. The van der Waals surface area contributed by atoms with Gasteiger partial charge >= 0.3 is 5.97 Å². The molecule has 0 aliphatic heterocycles. The molecule has 0 amide bonds. The van der Waals surface area contributed by atoms with Gasteiger partial charge in [-0.05, 0) is 30.9 Å². The predicted octanol–water partition coefficient (Wildman–Crippen LogP) is 2.71. The minimum Gasteiger partial charge on any atom is -0.468 e. The first kappa shape index (κ1) is 13.8. The molecular formula is C16H19N3O2. The molecule has 1 heterocycles. The second-order valence-corrected chi connectivity index (χ2v) is 5.44. The second-order valence-electron chi connectivity index (χ2n) is 5.44. The molecule has 2 aromatic rings. The van der Waals surface area contributed by atoms with Crippen molar-refractivity contribution in [3.63, 3.8) is 0 Å².